The molecule has 0 radical (unpaired) electrons. The Morgan fingerprint density at radius 2 is 1.77 bits per heavy atom. The number of nitrogens with zero attached hydrogens (tertiary/aromatic N) is 2. The lowest BCUT2D eigenvalue weighted by atomic mass is 10.1. The maximum Gasteiger partial charge on any atom is 0.336 e. The van der Waals surface area contributed by atoms with Gasteiger partial charge in [0.15, 0.2) is 0 Å². The van der Waals surface area contributed by atoms with Crippen LogP contribution >= 0.6 is 0 Å². The SMILES string of the molecule is Cc1cccc(N2CCN(Cc3ccc4oc(=O)ccc4c3)CC2)c1C. The van der Waals surface area contributed by atoms with Gasteiger partial charge in [-0.2, -0.15) is 0 Å². The van der Waals surface area contributed by atoms with Crippen molar-refractivity contribution in [2.75, 3.05) is 31.1 Å². The summed E-state index contributed by atoms with van der Waals surface area (Å²) in [7, 11) is 0. The third-order valence-electron chi connectivity index (χ3n) is 5.38. The quantitative estimate of drug-likeness (QED) is 0.676. The van der Waals surface area contributed by atoms with E-state index in [2.05, 4.69) is 54.0 Å². The first-order valence-corrected chi connectivity index (χ1v) is 9.16. The summed E-state index contributed by atoms with van der Waals surface area (Å²) in [6, 6.07) is 16.0. The fourth-order valence-electron chi connectivity index (χ4n) is 3.70. The predicted octanol–water partition coefficient (Wildman–Crippen LogP) is 3.73. The van der Waals surface area contributed by atoms with Gasteiger partial charge >= 0.3 is 5.63 Å². The standard InChI is InChI=1S/C22H24N2O2/c1-16-4-3-5-20(17(16)2)24-12-10-23(11-13-24)15-18-6-8-21-19(14-18)7-9-22(25)26-21/h3-9,14H,10-13,15H2,1-2H3. The zero-order valence-corrected chi connectivity index (χ0v) is 15.4. The van der Waals surface area contributed by atoms with Gasteiger partial charge in [-0.3, -0.25) is 4.90 Å². The second-order valence-corrected chi connectivity index (χ2v) is 7.11. The molecule has 2 aromatic carbocycles. The smallest absolute Gasteiger partial charge is 0.336 e. The van der Waals surface area contributed by atoms with Crippen molar-refractivity contribution in [1.29, 1.82) is 0 Å². The molecule has 0 aliphatic carbocycles. The third kappa shape index (κ3) is 3.37. The first-order valence-electron chi connectivity index (χ1n) is 9.16. The van der Waals surface area contributed by atoms with E-state index in [0.717, 1.165) is 38.1 Å². The van der Waals surface area contributed by atoms with Crippen LogP contribution in [0.1, 0.15) is 16.7 Å². The highest BCUT2D eigenvalue weighted by atomic mass is 16.4. The van der Waals surface area contributed by atoms with Gasteiger partial charge in [-0.15, -0.1) is 0 Å². The van der Waals surface area contributed by atoms with Gasteiger partial charge in [0.05, 0.1) is 0 Å². The number of anilines is 1. The molecule has 4 rings (SSSR count). The Morgan fingerprint density at radius 3 is 2.58 bits per heavy atom. The van der Waals surface area contributed by atoms with Gasteiger partial charge in [-0.25, -0.2) is 4.79 Å². The molecule has 0 unspecified atom stereocenters. The highest BCUT2D eigenvalue weighted by Gasteiger charge is 2.19. The fourth-order valence-corrected chi connectivity index (χ4v) is 3.70. The minimum Gasteiger partial charge on any atom is -0.423 e. The van der Waals surface area contributed by atoms with Crippen molar-refractivity contribution >= 4 is 16.7 Å². The molecule has 1 fully saturated rings. The van der Waals surface area contributed by atoms with E-state index >= 15 is 0 Å². The van der Waals surface area contributed by atoms with Crippen LogP contribution in [-0.2, 0) is 6.54 Å². The normalized spacial score (nSPS) is 15.5. The van der Waals surface area contributed by atoms with Crippen molar-refractivity contribution in [3.8, 4) is 0 Å². The van der Waals surface area contributed by atoms with Gasteiger partial charge in [-0.1, -0.05) is 18.2 Å². The third-order valence-corrected chi connectivity index (χ3v) is 5.38. The Hall–Kier alpha value is -2.59. The van der Waals surface area contributed by atoms with Crippen LogP contribution < -0.4 is 10.5 Å². The van der Waals surface area contributed by atoms with E-state index in [9.17, 15) is 4.79 Å². The van der Waals surface area contributed by atoms with Gasteiger partial charge in [-0.05, 0) is 54.8 Å². The van der Waals surface area contributed by atoms with Crippen molar-refractivity contribution in [1.82, 2.24) is 4.90 Å². The van der Waals surface area contributed by atoms with Crippen LogP contribution in [0.2, 0.25) is 0 Å². The lowest BCUT2D eigenvalue weighted by molar-refractivity contribution is 0.250. The van der Waals surface area contributed by atoms with Crippen molar-refractivity contribution in [3.05, 3.63) is 75.6 Å². The van der Waals surface area contributed by atoms with Crippen LogP contribution in [0.3, 0.4) is 0 Å². The number of fused-ring (bicyclic) bond motifs is 1. The average molecular weight is 348 g/mol. The second kappa shape index (κ2) is 6.96. The van der Waals surface area contributed by atoms with E-state index in [1.807, 2.05) is 12.1 Å². The first-order chi connectivity index (χ1) is 12.6. The summed E-state index contributed by atoms with van der Waals surface area (Å²) in [4.78, 5) is 16.3. The number of benzene rings is 2. The molecule has 2 heterocycles. The van der Waals surface area contributed by atoms with Crippen molar-refractivity contribution < 1.29 is 4.42 Å². The molecule has 1 aromatic heterocycles. The average Bonchev–Trinajstić information content (AvgIpc) is 2.65. The fraction of sp³-hybridized carbons (Fsp3) is 0.318. The number of aryl methyl sites for hydroxylation is 1. The van der Waals surface area contributed by atoms with Crippen LogP contribution in [0.25, 0.3) is 11.0 Å². The number of piperazine rings is 1. The van der Waals surface area contributed by atoms with Crippen LogP contribution in [0.5, 0.6) is 0 Å². The van der Waals surface area contributed by atoms with Gasteiger partial charge in [0.1, 0.15) is 5.58 Å². The molecule has 4 heteroatoms. The minimum atomic E-state index is -0.298. The second-order valence-electron chi connectivity index (χ2n) is 7.11. The van der Waals surface area contributed by atoms with Crippen LogP contribution in [0.4, 0.5) is 5.69 Å². The van der Waals surface area contributed by atoms with Gasteiger partial charge < -0.3 is 9.32 Å². The van der Waals surface area contributed by atoms with Crippen molar-refractivity contribution in [3.63, 3.8) is 0 Å². The molecule has 26 heavy (non-hydrogen) atoms. The molecule has 0 spiro atoms. The predicted molar refractivity (Wildman–Crippen MR) is 106 cm³/mol. The molecule has 0 bridgehead atoms. The first kappa shape index (κ1) is 16.9. The van der Waals surface area contributed by atoms with Crippen molar-refractivity contribution in [2.45, 2.75) is 20.4 Å². The maximum absolute atomic E-state index is 11.3. The zero-order chi connectivity index (χ0) is 18.1. The van der Waals surface area contributed by atoms with E-state index in [-0.39, 0.29) is 5.63 Å². The summed E-state index contributed by atoms with van der Waals surface area (Å²) < 4.78 is 5.21. The summed E-state index contributed by atoms with van der Waals surface area (Å²) in [6.07, 6.45) is 0. The molecule has 1 aliphatic rings. The van der Waals surface area contributed by atoms with Gasteiger partial charge in [0.2, 0.25) is 0 Å². The topological polar surface area (TPSA) is 36.7 Å². The lowest BCUT2D eigenvalue weighted by Gasteiger charge is -2.37. The number of hydrogen-bond acceptors (Lipinski definition) is 4. The highest BCUT2D eigenvalue weighted by Crippen LogP contribution is 2.24. The summed E-state index contributed by atoms with van der Waals surface area (Å²) in [5, 5.41) is 0.983. The number of rotatable bonds is 3. The molecule has 1 saturated heterocycles. The highest BCUT2D eigenvalue weighted by molar-refractivity contribution is 5.76. The Bertz CT molecular complexity index is 985. The molecule has 0 atom stereocenters. The molecule has 3 aromatic rings. The summed E-state index contributed by atoms with van der Waals surface area (Å²) in [6.45, 7) is 9.52. The molecule has 0 N–H and O–H groups in total. The van der Waals surface area contributed by atoms with Crippen LogP contribution in [-0.4, -0.2) is 31.1 Å². The maximum atomic E-state index is 11.3. The summed E-state index contributed by atoms with van der Waals surface area (Å²) in [5.74, 6) is 0. The Labute approximate surface area is 153 Å². The molecule has 0 saturated carbocycles. The monoisotopic (exact) mass is 348 g/mol. The van der Waals surface area contributed by atoms with Gasteiger partial charge in [0, 0.05) is 49.9 Å². The van der Waals surface area contributed by atoms with Gasteiger partial charge in [0.25, 0.3) is 0 Å². The molecule has 4 nitrogen and oxygen atoms in total. The van der Waals surface area contributed by atoms with Crippen LogP contribution in [0, 0.1) is 13.8 Å². The summed E-state index contributed by atoms with van der Waals surface area (Å²) in [5.41, 5.74) is 5.72. The van der Waals surface area contributed by atoms with E-state index < -0.39 is 0 Å². The minimum absolute atomic E-state index is 0.298. The van der Waals surface area contributed by atoms with Crippen LogP contribution in [0.15, 0.2) is 57.7 Å². The molecular formula is C22H24N2O2. The zero-order valence-electron chi connectivity index (χ0n) is 15.4. The Morgan fingerprint density at radius 1 is 0.962 bits per heavy atom. The lowest BCUT2D eigenvalue weighted by Crippen LogP contribution is -2.46. The Kier molecular flexibility index (Phi) is 4.51. The van der Waals surface area contributed by atoms with E-state index in [4.69, 9.17) is 4.42 Å². The summed E-state index contributed by atoms with van der Waals surface area (Å²) >= 11 is 0. The molecule has 1 aliphatic heterocycles. The van der Waals surface area contributed by atoms with E-state index in [1.54, 1.807) is 0 Å². The van der Waals surface area contributed by atoms with Crippen molar-refractivity contribution in [2.24, 2.45) is 0 Å². The molecule has 134 valence electrons. The number of hydrogen-bond donors (Lipinski definition) is 0. The molecule has 0 amide bonds. The molecular weight excluding hydrogens is 324 g/mol. The largest absolute Gasteiger partial charge is 0.423 e. The van der Waals surface area contributed by atoms with E-state index in [0.29, 0.717) is 5.58 Å². The van der Waals surface area contributed by atoms with E-state index in [1.165, 1.54) is 28.4 Å². The Balaban J connectivity index is 1.43.